The van der Waals surface area contributed by atoms with Crippen molar-refractivity contribution in [2.45, 2.75) is 97.3 Å². The topological polar surface area (TPSA) is 18.5 Å². The molecule has 0 aliphatic carbocycles. The molecule has 1 unspecified atom stereocenters. The van der Waals surface area contributed by atoms with Crippen LogP contribution in [0.15, 0.2) is 30.3 Å². The van der Waals surface area contributed by atoms with Crippen LogP contribution in [-0.4, -0.2) is 15.2 Å². The smallest absolute Gasteiger partial charge is 0.338 e. The van der Waals surface area contributed by atoms with Gasteiger partial charge in [-0.05, 0) is 30.5 Å². The van der Waals surface area contributed by atoms with Crippen LogP contribution in [0, 0.1) is 0 Å². The van der Waals surface area contributed by atoms with Crippen LogP contribution < -0.4 is 0 Å². The van der Waals surface area contributed by atoms with Crippen LogP contribution in [0.2, 0.25) is 12.1 Å². The Morgan fingerprint density at radius 2 is 1.40 bits per heavy atom. The maximum Gasteiger partial charge on any atom is 0.338 e. The predicted molar refractivity (Wildman–Crippen MR) is 111 cm³/mol. The third-order valence-corrected chi connectivity index (χ3v) is 8.69. The van der Waals surface area contributed by atoms with E-state index in [-0.39, 0.29) is 6.10 Å². The van der Waals surface area contributed by atoms with Crippen LogP contribution >= 0.6 is 0 Å². The summed E-state index contributed by atoms with van der Waals surface area (Å²) in [6.45, 7) is 9.81. The standard InChI is InChI=1S/C22H40O2Si/c1-5-9-10-11-12-13-17-20-23-25(7-3,8-4)24-22(6-2)21-18-15-14-16-19-21/h14-16,18-19,22H,5-13,17,20H2,1-4H3. The molecule has 0 bridgehead atoms. The molecule has 0 saturated heterocycles. The van der Waals surface area contributed by atoms with Gasteiger partial charge < -0.3 is 8.85 Å². The minimum atomic E-state index is -2.09. The predicted octanol–water partition coefficient (Wildman–Crippen LogP) is 7.40. The highest BCUT2D eigenvalue weighted by molar-refractivity contribution is 6.67. The molecule has 25 heavy (non-hydrogen) atoms. The molecule has 0 fully saturated rings. The van der Waals surface area contributed by atoms with Crippen molar-refractivity contribution in [3.63, 3.8) is 0 Å². The molecule has 0 heterocycles. The third-order valence-electron chi connectivity index (χ3n) is 5.09. The maximum absolute atomic E-state index is 6.65. The summed E-state index contributed by atoms with van der Waals surface area (Å²) in [5.41, 5.74) is 1.28. The average molecular weight is 365 g/mol. The lowest BCUT2D eigenvalue weighted by Crippen LogP contribution is -2.42. The Labute approximate surface area is 157 Å². The van der Waals surface area contributed by atoms with Crippen molar-refractivity contribution in [3.05, 3.63) is 35.9 Å². The lowest BCUT2D eigenvalue weighted by atomic mass is 10.1. The number of benzene rings is 1. The van der Waals surface area contributed by atoms with Crippen LogP contribution in [0.1, 0.15) is 90.7 Å². The van der Waals surface area contributed by atoms with Gasteiger partial charge in [0.25, 0.3) is 0 Å². The second-order valence-corrected chi connectivity index (χ2v) is 10.8. The highest BCUT2D eigenvalue weighted by Gasteiger charge is 2.36. The van der Waals surface area contributed by atoms with Crippen molar-refractivity contribution < 1.29 is 8.85 Å². The molecular formula is C22H40O2Si. The Balaban J connectivity index is 2.44. The Hall–Kier alpha value is -0.643. The first-order valence-corrected chi connectivity index (χ1v) is 12.8. The SMILES string of the molecule is CCCCCCCCCO[Si](CC)(CC)OC(CC)c1ccccc1. The van der Waals surface area contributed by atoms with E-state index in [0.717, 1.165) is 25.1 Å². The molecule has 0 aliphatic heterocycles. The van der Waals surface area contributed by atoms with E-state index in [1.165, 1.54) is 50.5 Å². The van der Waals surface area contributed by atoms with Crippen molar-refractivity contribution in [2.75, 3.05) is 6.61 Å². The molecule has 1 rings (SSSR count). The molecule has 0 radical (unpaired) electrons. The fourth-order valence-electron chi connectivity index (χ4n) is 3.29. The Kier molecular flexibility index (Phi) is 12.1. The first kappa shape index (κ1) is 22.4. The van der Waals surface area contributed by atoms with Crippen molar-refractivity contribution in [1.29, 1.82) is 0 Å². The minimum absolute atomic E-state index is 0.168. The van der Waals surface area contributed by atoms with E-state index in [1.54, 1.807) is 0 Å². The van der Waals surface area contributed by atoms with Gasteiger partial charge in [0, 0.05) is 6.61 Å². The summed E-state index contributed by atoms with van der Waals surface area (Å²) in [7, 11) is -2.09. The van der Waals surface area contributed by atoms with Gasteiger partial charge in [-0.15, -0.1) is 0 Å². The molecule has 1 aromatic rings. The zero-order valence-electron chi connectivity index (χ0n) is 17.1. The van der Waals surface area contributed by atoms with Crippen molar-refractivity contribution in [3.8, 4) is 0 Å². The van der Waals surface area contributed by atoms with Crippen molar-refractivity contribution in [2.24, 2.45) is 0 Å². The summed E-state index contributed by atoms with van der Waals surface area (Å²) in [4.78, 5) is 0. The van der Waals surface area contributed by atoms with E-state index in [1.807, 2.05) is 0 Å². The van der Waals surface area contributed by atoms with E-state index in [2.05, 4.69) is 58.0 Å². The average Bonchev–Trinajstić information content (AvgIpc) is 2.67. The van der Waals surface area contributed by atoms with Gasteiger partial charge in [-0.25, -0.2) is 0 Å². The highest BCUT2D eigenvalue weighted by atomic mass is 28.4. The molecule has 0 N–H and O–H groups in total. The molecule has 0 amide bonds. The highest BCUT2D eigenvalue weighted by Crippen LogP contribution is 2.30. The molecular weight excluding hydrogens is 324 g/mol. The lowest BCUT2D eigenvalue weighted by molar-refractivity contribution is 0.108. The van der Waals surface area contributed by atoms with Gasteiger partial charge in [0.2, 0.25) is 0 Å². The first-order valence-electron chi connectivity index (χ1n) is 10.6. The van der Waals surface area contributed by atoms with Crippen molar-refractivity contribution >= 4 is 8.56 Å². The Bertz CT molecular complexity index is 417. The van der Waals surface area contributed by atoms with E-state index in [9.17, 15) is 0 Å². The monoisotopic (exact) mass is 364 g/mol. The van der Waals surface area contributed by atoms with Crippen LogP contribution in [-0.2, 0) is 8.85 Å². The van der Waals surface area contributed by atoms with Gasteiger partial charge in [0.05, 0.1) is 6.10 Å². The number of hydrogen-bond donors (Lipinski definition) is 0. The van der Waals surface area contributed by atoms with Crippen LogP contribution in [0.4, 0.5) is 0 Å². The molecule has 1 aromatic carbocycles. The van der Waals surface area contributed by atoms with Crippen molar-refractivity contribution in [1.82, 2.24) is 0 Å². The van der Waals surface area contributed by atoms with Crippen LogP contribution in [0.25, 0.3) is 0 Å². The fourth-order valence-corrected chi connectivity index (χ4v) is 5.93. The molecule has 0 aliphatic rings. The fraction of sp³-hybridized carbons (Fsp3) is 0.727. The maximum atomic E-state index is 6.65. The van der Waals surface area contributed by atoms with E-state index >= 15 is 0 Å². The van der Waals surface area contributed by atoms with E-state index in [4.69, 9.17) is 8.85 Å². The Morgan fingerprint density at radius 1 is 0.800 bits per heavy atom. The zero-order valence-corrected chi connectivity index (χ0v) is 18.1. The summed E-state index contributed by atoms with van der Waals surface area (Å²) >= 11 is 0. The Morgan fingerprint density at radius 3 is 1.96 bits per heavy atom. The summed E-state index contributed by atoms with van der Waals surface area (Å²) < 4.78 is 13.1. The number of unbranched alkanes of at least 4 members (excludes halogenated alkanes) is 6. The molecule has 2 nitrogen and oxygen atoms in total. The minimum Gasteiger partial charge on any atom is -0.394 e. The van der Waals surface area contributed by atoms with Gasteiger partial charge in [-0.1, -0.05) is 96.6 Å². The first-order chi connectivity index (χ1) is 12.2. The second-order valence-electron chi connectivity index (χ2n) is 7.01. The van der Waals surface area contributed by atoms with E-state index in [0.29, 0.717) is 0 Å². The molecule has 144 valence electrons. The summed E-state index contributed by atoms with van der Waals surface area (Å²) in [5, 5.41) is 0. The van der Waals surface area contributed by atoms with E-state index < -0.39 is 8.56 Å². The third kappa shape index (κ3) is 8.52. The lowest BCUT2D eigenvalue weighted by Gasteiger charge is -2.33. The zero-order chi connectivity index (χ0) is 18.4. The van der Waals surface area contributed by atoms with Crippen LogP contribution in [0.3, 0.4) is 0 Å². The number of rotatable bonds is 15. The summed E-state index contributed by atoms with van der Waals surface area (Å²) in [5.74, 6) is 0. The molecule has 0 saturated carbocycles. The molecule has 0 spiro atoms. The van der Waals surface area contributed by atoms with Gasteiger partial charge >= 0.3 is 8.56 Å². The quantitative estimate of drug-likeness (QED) is 0.238. The van der Waals surface area contributed by atoms with Gasteiger partial charge in [0.1, 0.15) is 0 Å². The van der Waals surface area contributed by atoms with Gasteiger partial charge in [-0.2, -0.15) is 0 Å². The number of hydrogen-bond acceptors (Lipinski definition) is 2. The normalized spacial score (nSPS) is 13.1. The van der Waals surface area contributed by atoms with Crippen LogP contribution in [0.5, 0.6) is 0 Å². The largest absolute Gasteiger partial charge is 0.394 e. The molecule has 1 atom stereocenters. The summed E-state index contributed by atoms with van der Waals surface area (Å²) in [6, 6.07) is 12.7. The van der Waals surface area contributed by atoms with Gasteiger partial charge in [-0.3, -0.25) is 0 Å². The van der Waals surface area contributed by atoms with Gasteiger partial charge in [0.15, 0.2) is 0 Å². The second kappa shape index (κ2) is 13.5. The summed E-state index contributed by atoms with van der Waals surface area (Å²) in [6.07, 6.45) is 10.4. The molecule has 0 aromatic heterocycles. The molecule has 3 heteroatoms.